The van der Waals surface area contributed by atoms with E-state index in [1.165, 1.54) is 55.5 Å². The fraction of sp³-hybridized carbons (Fsp3) is 0.467. The summed E-state index contributed by atoms with van der Waals surface area (Å²) in [5.74, 6) is -0.309. The third-order valence-corrected chi connectivity index (χ3v) is 10.3. The van der Waals surface area contributed by atoms with E-state index in [-0.39, 0.29) is 23.0 Å². The Balaban J connectivity index is 0.000000311. The molecule has 8 nitrogen and oxygen atoms in total. The number of aromatic hydroxyl groups is 4. The first-order valence-electron chi connectivity index (χ1n) is 20.4. The van der Waals surface area contributed by atoms with Crippen molar-refractivity contribution in [2.75, 3.05) is 52.4 Å². The quantitative estimate of drug-likeness (QED) is 0.0232. The summed E-state index contributed by atoms with van der Waals surface area (Å²) < 4.78 is 38.1. The van der Waals surface area contributed by atoms with Crippen LogP contribution in [0.3, 0.4) is 0 Å². The van der Waals surface area contributed by atoms with Crippen LogP contribution in [0.5, 0.6) is 23.0 Å². The van der Waals surface area contributed by atoms with E-state index >= 15 is 0 Å². The lowest BCUT2D eigenvalue weighted by Crippen LogP contribution is -2.19. The molecule has 0 saturated heterocycles. The number of alkyl halides is 3. The first kappa shape index (κ1) is 48.7. The fourth-order valence-corrected chi connectivity index (χ4v) is 6.51. The van der Waals surface area contributed by atoms with E-state index in [2.05, 4.69) is 21.3 Å². The van der Waals surface area contributed by atoms with Gasteiger partial charge in [0.1, 0.15) is 0 Å². The zero-order valence-electron chi connectivity index (χ0n) is 33.3. The predicted molar refractivity (Wildman–Crippen MR) is 231 cm³/mol. The molecule has 0 aliphatic heterocycles. The summed E-state index contributed by atoms with van der Waals surface area (Å²) in [7, 11) is 0. The topological polar surface area (TPSA) is 129 Å². The van der Waals surface area contributed by atoms with Crippen LogP contribution in [-0.2, 0) is 31.9 Å². The van der Waals surface area contributed by atoms with Gasteiger partial charge in [-0.2, -0.15) is 13.2 Å². The molecule has 0 unspecified atom stereocenters. The van der Waals surface area contributed by atoms with Crippen molar-refractivity contribution < 1.29 is 33.6 Å². The minimum Gasteiger partial charge on any atom is -0.504 e. The summed E-state index contributed by atoms with van der Waals surface area (Å²) >= 11 is 11.9. The van der Waals surface area contributed by atoms with Crippen molar-refractivity contribution in [1.29, 1.82) is 0 Å². The van der Waals surface area contributed by atoms with Crippen LogP contribution in [0.25, 0.3) is 0 Å². The Kier molecular flexibility index (Phi) is 23.4. The van der Waals surface area contributed by atoms with Gasteiger partial charge in [0.15, 0.2) is 23.0 Å². The van der Waals surface area contributed by atoms with Gasteiger partial charge in [-0.15, -0.1) is 0 Å². The second-order valence-corrected chi connectivity index (χ2v) is 15.2. The van der Waals surface area contributed by atoms with Gasteiger partial charge >= 0.3 is 6.18 Å². The van der Waals surface area contributed by atoms with Crippen LogP contribution < -0.4 is 21.3 Å². The van der Waals surface area contributed by atoms with Crippen molar-refractivity contribution in [3.05, 3.63) is 117 Å². The van der Waals surface area contributed by atoms with Crippen LogP contribution in [-0.4, -0.2) is 72.8 Å². The number of phenols is 4. The third-order valence-electron chi connectivity index (χ3n) is 9.59. The zero-order valence-corrected chi connectivity index (χ0v) is 34.8. The number of hydrogen-bond acceptors (Lipinski definition) is 8. The second-order valence-electron chi connectivity index (χ2n) is 14.4. The van der Waals surface area contributed by atoms with Gasteiger partial charge < -0.3 is 41.7 Å². The number of hydrogen-bond donors (Lipinski definition) is 8. The molecule has 4 aromatic carbocycles. The lowest BCUT2D eigenvalue weighted by Gasteiger charge is -2.09. The van der Waals surface area contributed by atoms with Gasteiger partial charge in [0.05, 0.1) is 15.6 Å². The molecule has 0 radical (unpaired) electrons. The van der Waals surface area contributed by atoms with E-state index in [0.717, 1.165) is 108 Å². The van der Waals surface area contributed by atoms with E-state index in [4.69, 9.17) is 23.2 Å². The first-order valence-corrected chi connectivity index (χ1v) is 21.1. The molecule has 0 fully saturated rings. The molecule has 0 aliphatic carbocycles. The number of benzene rings is 4. The largest absolute Gasteiger partial charge is 0.504 e. The van der Waals surface area contributed by atoms with Crippen LogP contribution in [0, 0.1) is 0 Å². The molecule has 320 valence electrons. The lowest BCUT2D eigenvalue weighted by atomic mass is 10.1. The molecule has 0 spiro atoms. The van der Waals surface area contributed by atoms with E-state index in [1.807, 2.05) is 24.3 Å². The summed E-state index contributed by atoms with van der Waals surface area (Å²) in [5, 5.41) is 52.3. The minimum atomic E-state index is -4.28. The highest BCUT2D eigenvalue weighted by atomic mass is 35.5. The normalized spacial score (nSPS) is 11.4. The van der Waals surface area contributed by atoms with Crippen LogP contribution in [0.2, 0.25) is 10.0 Å². The average Bonchev–Trinajstić information content (AvgIpc) is 3.19. The number of unbranched alkanes of at least 4 members (excludes halogenated alkanes) is 6. The maximum Gasteiger partial charge on any atom is 0.416 e. The molecule has 0 heterocycles. The van der Waals surface area contributed by atoms with E-state index in [1.54, 1.807) is 24.3 Å². The van der Waals surface area contributed by atoms with Crippen LogP contribution >= 0.6 is 23.2 Å². The van der Waals surface area contributed by atoms with Crippen molar-refractivity contribution in [1.82, 2.24) is 21.3 Å². The Morgan fingerprint density at radius 2 is 0.776 bits per heavy atom. The smallest absolute Gasteiger partial charge is 0.416 e. The van der Waals surface area contributed by atoms with Crippen molar-refractivity contribution >= 4 is 23.2 Å². The van der Waals surface area contributed by atoms with Crippen LogP contribution in [0.4, 0.5) is 13.2 Å². The Bertz CT molecular complexity index is 1690. The molecule has 0 atom stereocenters. The monoisotopic (exact) mass is 848 g/mol. The van der Waals surface area contributed by atoms with E-state index in [0.29, 0.717) is 28.6 Å². The third kappa shape index (κ3) is 20.8. The summed E-state index contributed by atoms with van der Waals surface area (Å²) in [6.07, 6.45) is 8.10. The van der Waals surface area contributed by atoms with Gasteiger partial charge in [-0.1, -0.05) is 85.3 Å². The molecule has 0 bridgehead atoms. The number of rotatable bonds is 26. The molecule has 13 heteroatoms. The first-order chi connectivity index (χ1) is 27.9. The van der Waals surface area contributed by atoms with Crippen LogP contribution in [0.15, 0.2) is 78.9 Å². The average molecular weight is 850 g/mol. The fourth-order valence-electron chi connectivity index (χ4n) is 6.19. The van der Waals surface area contributed by atoms with Gasteiger partial charge in [0.2, 0.25) is 0 Å². The van der Waals surface area contributed by atoms with E-state index < -0.39 is 11.7 Å². The molecule has 0 aliphatic rings. The van der Waals surface area contributed by atoms with Gasteiger partial charge in [0.25, 0.3) is 0 Å². The van der Waals surface area contributed by atoms with E-state index in [9.17, 15) is 33.6 Å². The minimum absolute atomic E-state index is 0.0527. The second kappa shape index (κ2) is 27.9. The molecule has 0 aromatic heterocycles. The van der Waals surface area contributed by atoms with Gasteiger partial charge in [0, 0.05) is 0 Å². The van der Waals surface area contributed by atoms with Gasteiger partial charge in [-0.05, 0) is 168 Å². The molecular weight excluding hydrogens is 788 g/mol. The standard InChI is InChI=1S/C23H31F3N2O2.C22H30Cl2N2O2/c24-23(25,26)20-7-5-6-18(16-20)10-14-27-12-3-1-2-4-13-28-15-11-19-8-9-21(29)22(30)17-19;23-19-7-5-17(15-20(19)24)9-13-25-11-3-1-2-4-12-26-14-10-18-6-8-21(27)22(28)16-18/h5-9,16-17,27-30H,1-4,10-15H2;5-8,15-16,25-28H,1-4,9-14H2. The summed E-state index contributed by atoms with van der Waals surface area (Å²) in [6, 6.07) is 21.2. The van der Waals surface area contributed by atoms with Crippen molar-refractivity contribution in [2.24, 2.45) is 0 Å². The molecule has 0 amide bonds. The molecule has 8 N–H and O–H groups in total. The highest BCUT2D eigenvalue weighted by molar-refractivity contribution is 6.42. The molecule has 4 rings (SSSR count). The maximum atomic E-state index is 12.7. The number of halogens is 5. The zero-order chi connectivity index (χ0) is 42.0. The van der Waals surface area contributed by atoms with Gasteiger partial charge in [-0.3, -0.25) is 0 Å². The number of phenolic OH excluding ortho intramolecular Hbond substituents is 4. The van der Waals surface area contributed by atoms with Crippen molar-refractivity contribution in [3.63, 3.8) is 0 Å². The molecule has 0 saturated carbocycles. The van der Waals surface area contributed by atoms with Crippen LogP contribution in [0.1, 0.15) is 79.2 Å². The Labute approximate surface area is 352 Å². The predicted octanol–water partition coefficient (Wildman–Crippen LogP) is 9.57. The maximum absolute atomic E-state index is 12.7. The van der Waals surface area contributed by atoms with Crippen molar-refractivity contribution in [3.8, 4) is 23.0 Å². The Morgan fingerprint density at radius 1 is 0.397 bits per heavy atom. The molecule has 58 heavy (non-hydrogen) atoms. The highest BCUT2D eigenvalue weighted by Crippen LogP contribution is 2.30. The Morgan fingerprint density at radius 3 is 1.16 bits per heavy atom. The molecular formula is C45H61Cl2F3N4O4. The number of nitrogens with one attached hydrogen (secondary N) is 4. The highest BCUT2D eigenvalue weighted by Gasteiger charge is 2.30. The summed E-state index contributed by atoms with van der Waals surface area (Å²) in [5.41, 5.74) is 3.32. The lowest BCUT2D eigenvalue weighted by molar-refractivity contribution is -0.137. The Hall–Kier alpha value is -3.71. The summed E-state index contributed by atoms with van der Waals surface area (Å²) in [4.78, 5) is 0. The van der Waals surface area contributed by atoms with Crippen molar-refractivity contribution in [2.45, 2.75) is 83.2 Å². The van der Waals surface area contributed by atoms with Gasteiger partial charge in [-0.25, -0.2) is 0 Å². The molecule has 4 aromatic rings. The SMILES string of the molecule is Oc1ccc(CCNCCCCCCNCCc2ccc(Cl)c(Cl)c2)cc1O.Oc1ccc(CCNCCCCCCNCCc2cccc(C(F)(F)F)c2)cc1O. The summed E-state index contributed by atoms with van der Waals surface area (Å²) in [6.45, 7) is 7.18.